The largest absolute Gasteiger partial charge is 0.434 e. The van der Waals surface area contributed by atoms with E-state index >= 15 is 0 Å². The number of rotatable bonds is 5. The van der Waals surface area contributed by atoms with Crippen molar-refractivity contribution in [1.82, 2.24) is 14.9 Å². The number of benzene rings is 2. The quantitative estimate of drug-likeness (QED) is 0.513. The van der Waals surface area contributed by atoms with Crippen LogP contribution in [0, 0.1) is 4.77 Å². The first-order valence-electron chi connectivity index (χ1n) is 7.07. The third-order valence-corrected chi connectivity index (χ3v) is 3.81. The molecule has 0 fully saturated rings. The molecule has 3 aromatic rings. The molecule has 9 heteroatoms. The predicted octanol–water partition coefficient (Wildman–Crippen LogP) is 4.74. The molecule has 5 nitrogen and oxygen atoms in total. The molecule has 128 valence electrons. The molecule has 0 aliphatic heterocycles. The van der Waals surface area contributed by atoms with E-state index in [9.17, 15) is 8.78 Å². The van der Waals surface area contributed by atoms with Crippen molar-refractivity contribution in [2.45, 2.75) is 6.61 Å². The highest BCUT2D eigenvalue weighted by molar-refractivity contribution is 7.71. The van der Waals surface area contributed by atoms with E-state index in [4.69, 9.17) is 23.8 Å². The van der Waals surface area contributed by atoms with Crippen LogP contribution in [-0.2, 0) is 0 Å². The molecule has 0 aliphatic carbocycles. The van der Waals surface area contributed by atoms with E-state index in [0.717, 1.165) is 0 Å². The van der Waals surface area contributed by atoms with Crippen molar-refractivity contribution in [2.24, 2.45) is 5.10 Å². The minimum atomic E-state index is -2.93. The maximum atomic E-state index is 12.5. The summed E-state index contributed by atoms with van der Waals surface area (Å²) in [6.45, 7) is -2.93. The van der Waals surface area contributed by atoms with Crippen molar-refractivity contribution < 1.29 is 13.5 Å². The summed E-state index contributed by atoms with van der Waals surface area (Å²) >= 11 is 11.4. The minimum absolute atomic E-state index is 0.00977. The molecule has 0 saturated heterocycles. The van der Waals surface area contributed by atoms with Gasteiger partial charge in [-0.2, -0.15) is 23.7 Å². The van der Waals surface area contributed by atoms with Crippen LogP contribution in [-0.4, -0.2) is 27.7 Å². The molecule has 0 aliphatic rings. The van der Waals surface area contributed by atoms with E-state index in [-0.39, 0.29) is 10.5 Å². The zero-order valence-electron chi connectivity index (χ0n) is 12.6. The summed E-state index contributed by atoms with van der Waals surface area (Å²) in [7, 11) is 0. The van der Waals surface area contributed by atoms with E-state index in [1.165, 1.54) is 17.0 Å². The first-order chi connectivity index (χ1) is 12.1. The van der Waals surface area contributed by atoms with Crippen LogP contribution < -0.4 is 4.74 Å². The van der Waals surface area contributed by atoms with Crippen molar-refractivity contribution in [3.8, 4) is 17.1 Å². The summed E-state index contributed by atoms with van der Waals surface area (Å²) in [5.41, 5.74) is 1.00. The van der Waals surface area contributed by atoms with Gasteiger partial charge in [0.25, 0.3) is 0 Å². The number of alkyl halides is 2. The Labute approximate surface area is 151 Å². The van der Waals surface area contributed by atoms with E-state index in [2.05, 4.69) is 20.0 Å². The molecule has 1 heterocycles. The zero-order valence-corrected chi connectivity index (χ0v) is 14.1. The normalized spacial score (nSPS) is 11.4. The Morgan fingerprint density at radius 3 is 2.68 bits per heavy atom. The fraction of sp³-hybridized carbons (Fsp3) is 0.0625. The molecule has 0 atom stereocenters. The molecule has 0 radical (unpaired) electrons. The summed E-state index contributed by atoms with van der Waals surface area (Å²) in [5.74, 6) is 0.412. The highest BCUT2D eigenvalue weighted by Crippen LogP contribution is 2.26. The number of para-hydroxylation sites is 1. The molecule has 3 rings (SSSR count). The number of ether oxygens (including phenoxy) is 1. The fourth-order valence-corrected chi connectivity index (χ4v) is 2.53. The second-order valence-corrected chi connectivity index (χ2v) is 5.60. The standard InChI is InChI=1S/C16H11ClF2N4OS/c17-12-7-3-2-6-11(12)14-21-22-16(25)23(14)20-9-10-5-1-4-8-13(10)24-15(18)19/h1-9,15H,(H,22,25)/b20-9-. The maximum absolute atomic E-state index is 12.5. The Bertz CT molecular complexity index is 971. The topological polar surface area (TPSA) is 55.2 Å². The van der Waals surface area contributed by atoms with E-state index in [0.29, 0.717) is 22.0 Å². The molecular weight excluding hydrogens is 370 g/mol. The number of hydrogen-bond donors (Lipinski definition) is 1. The number of halogens is 3. The molecular formula is C16H11ClF2N4OS. The van der Waals surface area contributed by atoms with Gasteiger partial charge in [-0.15, -0.1) is 0 Å². The van der Waals surface area contributed by atoms with Gasteiger partial charge in [0.2, 0.25) is 4.77 Å². The minimum Gasteiger partial charge on any atom is -0.434 e. The summed E-state index contributed by atoms with van der Waals surface area (Å²) < 4.78 is 31.0. The summed E-state index contributed by atoms with van der Waals surface area (Å²) in [6, 6.07) is 13.4. The third-order valence-electron chi connectivity index (χ3n) is 3.21. The summed E-state index contributed by atoms with van der Waals surface area (Å²) in [5, 5.41) is 11.5. The van der Waals surface area contributed by atoms with Gasteiger partial charge in [0.15, 0.2) is 5.82 Å². The van der Waals surface area contributed by atoms with Crippen LogP contribution in [0.3, 0.4) is 0 Å². The monoisotopic (exact) mass is 380 g/mol. The molecule has 25 heavy (non-hydrogen) atoms. The predicted molar refractivity (Wildman–Crippen MR) is 93.9 cm³/mol. The van der Waals surface area contributed by atoms with Gasteiger partial charge in [-0.25, -0.2) is 5.10 Å². The second kappa shape index (κ2) is 7.54. The van der Waals surface area contributed by atoms with E-state index in [1.54, 1.807) is 42.5 Å². The lowest BCUT2D eigenvalue weighted by Gasteiger charge is -2.07. The maximum Gasteiger partial charge on any atom is 0.387 e. The number of nitrogens with one attached hydrogen (secondary N) is 1. The van der Waals surface area contributed by atoms with Gasteiger partial charge in [0, 0.05) is 11.1 Å². The fourth-order valence-electron chi connectivity index (χ4n) is 2.13. The van der Waals surface area contributed by atoms with Gasteiger partial charge < -0.3 is 4.74 Å². The molecule has 1 aromatic heterocycles. The van der Waals surface area contributed by atoms with Crippen LogP contribution in [0.25, 0.3) is 11.4 Å². The number of nitrogens with zero attached hydrogens (tertiary/aromatic N) is 3. The van der Waals surface area contributed by atoms with Gasteiger partial charge in [-0.3, -0.25) is 0 Å². The third kappa shape index (κ3) is 3.92. The summed E-state index contributed by atoms with van der Waals surface area (Å²) in [4.78, 5) is 0. The Balaban J connectivity index is 2.00. The number of H-pyrrole nitrogens is 1. The van der Waals surface area contributed by atoms with Crippen LogP contribution in [0.4, 0.5) is 8.78 Å². The van der Waals surface area contributed by atoms with Crippen LogP contribution in [0.1, 0.15) is 5.56 Å². The van der Waals surface area contributed by atoms with Crippen molar-refractivity contribution >= 4 is 30.0 Å². The average Bonchev–Trinajstić information content (AvgIpc) is 2.95. The van der Waals surface area contributed by atoms with Crippen LogP contribution in [0.15, 0.2) is 53.6 Å². The SMILES string of the molecule is FC(F)Oc1ccccc1/C=N\n1c(-c2ccccc2Cl)n[nH]c1=S. The van der Waals surface area contributed by atoms with Crippen LogP contribution in [0.5, 0.6) is 5.75 Å². The van der Waals surface area contributed by atoms with Gasteiger partial charge in [0.1, 0.15) is 5.75 Å². The zero-order chi connectivity index (χ0) is 17.8. The first kappa shape index (κ1) is 17.2. The van der Waals surface area contributed by atoms with E-state index < -0.39 is 6.61 Å². The second-order valence-electron chi connectivity index (χ2n) is 4.80. The molecule has 0 saturated carbocycles. The van der Waals surface area contributed by atoms with Gasteiger partial charge in [-0.05, 0) is 36.5 Å². The van der Waals surface area contributed by atoms with Crippen molar-refractivity contribution in [3.05, 3.63) is 63.9 Å². The lowest BCUT2D eigenvalue weighted by atomic mass is 10.2. The number of hydrogen-bond acceptors (Lipinski definition) is 4. The van der Waals surface area contributed by atoms with Crippen molar-refractivity contribution in [3.63, 3.8) is 0 Å². The van der Waals surface area contributed by atoms with Gasteiger partial charge >= 0.3 is 6.61 Å². The molecule has 2 aromatic carbocycles. The smallest absolute Gasteiger partial charge is 0.387 e. The molecule has 0 bridgehead atoms. The number of aromatic nitrogens is 3. The Morgan fingerprint density at radius 1 is 1.20 bits per heavy atom. The Hall–Kier alpha value is -2.58. The van der Waals surface area contributed by atoms with E-state index in [1.807, 2.05) is 0 Å². The van der Waals surface area contributed by atoms with Crippen molar-refractivity contribution in [2.75, 3.05) is 0 Å². The molecule has 0 spiro atoms. The van der Waals surface area contributed by atoms with Gasteiger partial charge in [0.05, 0.1) is 11.2 Å². The summed E-state index contributed by atoms with van der Waals surface area (Å²) in [6.07, 6.45) is 1.36. The first-order valence-corrected chi connectivity index (χ1v) is 7.85. The highest BCUT2D eigenvalue weighted by Gasteiger charge is 2.12. The highest BCUT2D eigenvalue weighted by atomic mass is 35.5. The Kier molecular flexibility index (Phi) is 5.20. The van der Waals surface area contributed by atoms with Crippen LogP contribution >= 0.6 is 23.8 Å². The van der Waals surface area contributed by atoms with Crippen LogP contribution in [0.2, 0.25) is 5.02 Å². The Morgan fingerprint density at radius 2 is 1.92 bits per heavy atom. The van der Waals surface area contributed by atoms with Gasteiger partial charge in [-0.1, -0.05) is 35.9 Å². The number of aromatic amines is 1. The molecule has 0 unspecified atom stereocenters. The molecule has 1 N–H and O–H groups in total. The molecule has 0 amide bonds. The van der Waals surface area contributed by atoms with Crippen molar-refractivity contribution in [1.29, 1.82) is 0 Å². The lowest BCUT2D eigenvalue weighted by Crippen LogP contribution is -2.04. The lowest BCUT2D eigenvalue weighted by molar-refractivity contribution is -0.0499. The average molecular weight is 381 g/mol.